The SMILES string of the molecule is O=C(CN(C1CCCCC1)S(=O)(=O)c1ccc(Br)cc1)Nc1ccc(OCc2ccccc2)cc1. The molecule has 1 N–H and O–H groups in total. The van der Waals surface area contributed by atoms with E-state index in [1.54, 1.807) is 48.5 Å². The molecule has 0 atom stereocenters. The number of rotatable bonds is 9. The van der Waals surface area contributed by atoms with E-state index in [4.69, 9.17) is 4.74 Å². The Morgan fingerprint density at radius 1 is 0.914 bits per heavy atom. The minimum absolute atomic E-state index is 0.183. The van der Waals surface area contributed by atoms with Crippen LogP contribution in [0.25, 0.3) is 0 Å². The lowest BCUT2D eigenvalue weighted by Gasteiger charge is -2.33. The normalized spacial score (nSPS) is 14.6. The molecule has 3 aromatic rings. The Balaban J connectivity index is 1.42. The van der Waals surface area contributed by atoms with Crippen LogP contribution in [-0.2, 0) is 21.4 Å². The highest BCUT2D eigenvalue weighted by atomic mass is 79.9. The molecular formula is C27H29BrN2O4S. The first-order valence-electron chi connectivity index (χ1n) is 11.8. The average molecular weight is 558 g/mol. The molecule has 0 bridgehead atoms. The number of amides is 1. The van der Waals surface area contributed by atoms with Gasteiger partial charge in [-0.25, -0.2) is 8.42 Å². The summed E-state index contributed by atoms with van der Waals surface area (Å²) in [4.78, 5) is 13.1. The Kier molecular flexibility index (Phi) is 8.59. The molecule has 0 aliphatic heterocycles. The van der Waals surface area contributed by atoms with Crippen molar-refractivity contribution in [2.45, 2.75) is 49.6 Å². The fraction of sp³-hybridized carbons (Fsp3) is 0.296. The molecule has 1 aliphatic rings. The van der Waals surface area contributed by atoms with Crippen LogP contribution >= 0.6 is 15.9 Å². The van der Waals surface area contributed by atoms with Gasteiger partial charge in [0.2, 0.25) is 15.9 Å². The van der Waals surface area contributed by atoms with Crippen LogP contribution in [0, 0.1) is 0 Å². The maximum Gasteiger partial charge on any atom is 0.243 e. The molecule has 6 nitrogen and oxygen atoms in total. The number of carbonyl (C=O) groups excluding carboxylic acids is 1. The summed E-state index contributed by atoms with van der Waals surface area (Å²) in [7, 11) is -3.81. The van der Waals surface area contributed by atoms with E-state index in [-0.39, 0.29) is 23.4 Å². The number of nitrogens with one attached hydrogen (secondary N) is 1. The summed E-state index contributed by atoms with van der Waals surface area (Å²) in [6, 6.07) is 23.3. The van der Waals surface area contributed by atoms with E-state index in [0.29, 0.717) is 18.0 Å². The molecule has 4 rings (SSSR count). The highest BCUT2D eigenvalue weighted by Gasteiger charge is 2.34. The second kappa shape index (κ2) is 11.8. The van der Waals surface area contributed by atoms with Crippen LogP contribution < -0.4 is 10.1 Å². The maximum atomic E-state index is 13.5. The molecule has 0 unspecified atom stereocenters. The van der Waals surface area contributed by atoms with Gasteiger partial charge < -0.3 is 10.1 Å². The lowest BCUT2D eigenvalue weighted by Crippen LogP contribution is -2.45. The molecule has 1 saturated carbocycles. The van der Waals surface area contributed by atoms with E-state index in [1.165, 1.54) is 4.31 Å². The van der Waals surface area contributed by atoms with Crippen molar-refractivity contribution < 1.29 is 17.9 Å². The summed E-state index contributed by atoms with van der Waals surface area (Å²) in [5.74, 6) is 0.322. The van der Waals surface area contributed by atoms with Gasteiger partial charge in [-0.1, -0.05) is 65.5 Å². The van der Waals surface area contributed by atoms with Crippen molar-refractivity contribution in [2.75, 3.05) is 11.9 Å². The third-order valence-corrected chi connectivity index (χ3v) is 8.53. The molecule has 0 radical (unpaired) electrons. The van der Waals surface area contributed by atoms with Crippen LogP contribution in [0.2, 0.25) is 0 Å². The second-order valence-corrected chi connectivity index (χ2v) is 11.4. The fourth-order valence-corrected chi connectivity index (χ4v) is 6.14. The van der Waals surface area contributed by atoms with Crippen LogP contribution in [0.15, 0.2) is 88.2 Å². The zero-order chi connectivity index (χ0) is 24.7. The quantitative estimate of drug-likeness (QED) is 0.351. The number of ether oxygens (including phenoxy) is 1. The largest absolute Gasteiger partial charge is 0.489 e. The first-order chi connectivity index (χ1) is 16.9. The standard InChI is InChI=1S/C27H29BrN2O4S/c28-22-11-17-26(18-12-22)35(32,33)30(24-9-5-2-6-10-24)19-27(31)29-23-13-15-25(16-14-23)34-20-21-7-3-1-4-8-21/h1,3-4,7-8,11-18,24H,2,5-6,9-10,19-20H2,(H,29,31). The zero-order valence-corrected chi connectivity index (χ0v) is 21.8. The van der Waals surface area contributed by atoms with Crippen molar-refractivity contribution in [3.05, 3.63) is 88.9 Å². The number of hydrogen-bond acceptors (Lipinski definition) is 4. The molecule has 0 spiro atoms. The van der Waals surface area contributed by atoms with E-state index < -0.39 is 10.0 Å². The van der Waals surface area contributed by atoms with E-state index in [1.807, 2.05) is 30.3 Å². The van der Waals surface area contributed by atoms with Gasteiger partial charge in [-0.05, 0) is 66.9 Å². The number of hydrogen-bond donors (Lipinski definition) is 1. The number of anilines is 1. The predicted molar refractivity (Wildman–Crippen MR) is 141 cm³/mol. The molecule has 0 heterocycles. The summed E-state index contributed by atoms with van der Waals surface area (Å²) >= 11 is 3.35. The minimum Gasteiger partial charge on any atom is -0.489 e. The van der Waals surface area contributed by atoms with Gasteiger partial charge in [0, 0.05) is 16.2 Å². The molecular weight excluding hydrogens is 528 g/mol. The minimum atomic E-state index is -3.81. The van der Waals surface area contributed by atoms with Gasteiger partial charge in [0.05, 0.1) is 11.4 Å². The number of carbonyl (C=O) groups is 1. The first-order valence-corrected chi connectivity index (χ1v) is 14.0. The van der Waals surface area contributed by atoms with Crippen molar-refractivity contribution in [3.63, 3.8) is 0 Å². The van der Waals surface area contributed by atoms with Crippen LogP contribution in [0.1, 0.15) is 37.7 Å². The van der Waals surface area contributed by atoms with Crippen molar-refractivity contribution in [3.8, 4) is 5.75 Å². The van der Waals surface area contributed by atoms with E-state index >= 15 is 0 Å². The van der Waals surface area contributed by atoms with Gasteiger partial charge in [-0.3, -0.25) is 4.79 Å². The van der Waals surface area contributed by atoms with Gasteiger partial charge in [-0.15, -0.1) is 0 Å². The van der Waals surface area contributed by atoms with E-state index in [9.17, 15) is 13.2 Å². The van der Waals surface area contributed by atoms with Crippen LogP contribution in [0.4, 0.5) is 5.69 Å². The van der Waals surface area contributed by atoms with Gasteiger partial charge in [0.25, 0.3) is 0 Å². The molecule has 1 aliphatic carbocycles. The topological polar surface area (TPSA) is 75.7 Å². The smallest absolute Gasteiger partial charge is 0.243 e. The van der Waals surface area contributed by atoms with Crippen molar-refractivity contribution in [1.82, 2.24) is 4.31 Å². The summed E-state index contributed by atoms with van der Waals surface area (Å²) in [6.07, 6.45) is 4.53. The van der Waals surface area contributed by atoms with Crippen LogP contribution in [0.3, 0.4) is 0 Å². The van der Waals surface area contributed by atoms with Gasteiger partial charge >= 0.3 is 0 Å². The molecule has 8 heteroatoms. The Bertz CT molecular complexity index is 1210. The lowest BCUT2D eigenvalue weighted by atomic mass is 9.95. The van der Waals surface area contributed by atoms with Crippen LogP contribution in [0.5, 0.6) is 5.75 Å². The fourth-order valence-electron chi connectivity index (χ4n) is 4.24. The summed E-state index contributed by atoms with van der Waals surface area (Å²) in [5.41, 5.74) is 1.66. The number of halogens is 1. The highest BCUT2D eigenvalue weighted by molar-refractivity contribution is 9.10. The third-order valence-electron chi connectivity index (χ3n) is 6.09. The van der Waals surface area contributed by atoms with Crippen LogP contribution in [-0.4, -0.2) is 31.2 Å². The van der Waals surface area contributed by atoms with Gasteiger partial charge in [-0.2, -0.15) is 4.31 Å². The maximum absolute atomic E-state index is 13.5. The molecule has 35 heavy (non-hydrogen) atoms. The van der Waals surface area contributed by atoms with Crippen molar-refractivity contribution in [1.29, 1.82) is 0 Å². The summed E-state index contributed by atoms with van der Waals surface area (Å²) in [5, 5.41) is 2.84. The van der Waals surface area contributed by atoms with E-state index in [2.05, 4.69) is 21.2 Å². The lowest BCUT2D eigenvalue weighted by molar-refractivity contribution is -0.116. The average Bonchev–Trinajstić information content (AvgIpc) is 2.88. The Morgan fingerprint density at radius 3 is 2.23 bits per heavy atom. The molecule has 1 fully saturated rings. The number of sulfonamides is 1. The Hall–Kier alpha value is -2.68. The van der Waals surface area contributed by atoms with E-state index in [0.717, 1.165) is 42.1 Å². The Morgan fingerprint density at radius 2 is 1.57 bits per heavy atom. The highest BCUT2D eigenvalue weighted by Crippen LogP contribution is 2.28. The molecule has 1 amide bonds. The number of nitrogens with zero attached hydrogens (tertiary/aromatic N) is 1. The predicted octanol–water partition coefficient (Wildman–Crippen LogP) is 5.99. The zero-order valence-electron chi connectivity index (χ0n) is 19.4. The Labute approximate surface area is 215 Å². The monoisotopic (exact) mass is 556 g/mol. The molecule has 0 aromatic heterocycles. The van der Waals surface area contributed by atoms with Gasteiger partial charge in [0.15, 0.2) is 0 Å². The number of benzene rings is 3. The summed E-state index contributed by atoms with van der Waals surface area (Å²) < 4.78 is 34.9. The first kappa shape index (κ1) is 25.4. The van der Waals surface area contributed by atoms with Crippen molar-refractivity contribution >= 4 is 37.5 Å². The molecule has 184 valence electrons. The van der Waals surface area contributed by atoms with Gasteiger partial charge in [0.1, 0.15) is 12.4 Å². The summed E-state index contributed by atoms with van der Waals surface area (Å²) in [6.45, 7) is 0.228. The third kappa shape index (κ3) is 6.93. The molecule has 0 saturated heterocycles. The second-order valence-electron chi connectivity index (χ2n) is 8.64. The molecule has 3 aromatic carbocycles. The van der Waals surface area contributed by atoms with Crippen molar-refractivity contribution in [2.24, 2.45) is 0 Å².